The number of amides is 7. The van der Waals surface area contributed by atoms with E-state index in [-0.39, 0.29) is 124 Å². The highest BCUT2D eigenvalue weighted by atomic mass is 16.6. The number of esters is 1. The fourth-order valence-corrected chi connectivity index (χ4v) is 14.5. The number of azide groups is 1. The van der Waals surface area contributed by atoms with Crippen molar-refractivity contribution in [3.05, 3.63) is 145 Å². The van der Waals surface area contributed by atoms with E-state index < -0.39 is 66.7 Å². The van der Waals surface area contributed by atoms with Crippen molar-refractivity contribution in [3.8, 4) is 29.5 Å². The van der Waals surface area contributed by atoms with Crippen molar-refractivity contribution in [2.45, 2.75) is 136 Å². The van der Waals surface area contributed by atoms with Gasteiger partial charge in [0.25, 0.3) is 17.4 Å². The second kappa shape index (κ2) is 55.6. The molecule has 3 aliphatic heterocycles. The van der Waals surface area contributed by atoms with E-state index in [1.54, 1.807) is 60.0 Å². The highest BCUT2D eigenvalue weighted by molar-refractivity contribution is 6.13. The number of pyridine rings is 2. The van der Waals surface area contributed by atoms with Gasteiger partial charge in [0.2, 0.25) is 17.7 Å². The lowest BCUT2D eigenvalue weighted by Gasteiger charge is -2.31. The molecule has 0 radical (unpaired) electrons. The number of aliphatic hydroxyl groups is 1. The predicted octanol–water partition coefficient (Wildman–Crippen LogP) is 7.64. The average molecular weight is 1770 g/mol. The van der Waals surface area contributed by atoms with E-state index in [1.165, 1.54) is 40.9 Å². The first kappa shape index (κ1) is 99.9. The summed E-state index contributed by atoms with van der Waals surface area (Å²) in [5, 5.41) is 27.0. The van der Waals surface area contributed by atoms with Gasteiger partial charge in [0.15, 0.2) is 11.4 Å². The Morgan fingerprint density at radius 1 is 0.732 bits per heavy atom. The summed E-state index contributed by atoms with van der Waals surface area (Å²) in [6.07, 6.45) is 13.1. The summed E-state index contributed by atoms with van der Waals surface area (Å²) < 4.78 is 74.7. The highest BCUT2D eigenvalue weighted by Gasteiger charge is 2.46. The largest absolute Gasteiger partial charge is 0.458 e. The molecule has 3 aromatic carbocycles. The first-order chi connectivity index (χ1) is 62.1. The number of unbranched alkanes of at least 4 members (excludes halogenated alkanes) is 1. The molecule has 7 amide bonds. The number of aryl methyl sites for hydroxylation is 1. The van der Waals surface area contributed by atoms with Crippen LogP contribution in [0.3, 0.4) is 0 Å². The van der Waals surface area contributed by atoms with Gasteiger partial charge < -0.3 is 97.6 Å². The standard InChI is InChI=1S/C75H103N11O21.C16H19NO3/c1-6-58-59-46-57(21-22-63(59)82-69-60(58)48-86-65(69)47-62-61(71(86)91)50-105-72(92)75(62,95)7-2)107-74(94)85(5)27-26-84(4)73(93)106-49-54-17-19-56(20-18-54)80-70(90)55(16-12-13-23-77-8-3)45-66(87)64(44-53-14-10-9-11-15-53)81-68(89)52-104-51-67(88)78-24-28-96-30-32-98-34-36-100-38-40-102-42-43-103-41-39-101-37-35-99-33-31-97-29-25-79-83-76;1-2-3-4-14(18)13-7-5-12(6-8-13)11-17-15(19)9-10-16(17)20/h9-11,14-15,17-22,46-47,55,64,77,95H,6-8,12-13,16,23-45,48-52H2,1-5H3,(H,78,88)(H,80,90)(H,81,89);1,9-10,12-13H,3-8,11H2/t55?,64?,75-;/m0./s1/i3T;. The number of nitrogens with one attached hydrogen (secondary N) is 4. The van der Waals surface area contributed by atoms with Crippen molar-refractivity contribution >= 4 is 75.8 Å². The fourth-order valence-electron chi connectivity index (χ4n) is 14.5. The quantitative estimate of drug-likeness (QED) is 0.00465. The molecular weight excluding hydrogens is 1650 g/mol. The normalized spacial score (nSPS) is 16.0. The number of carbonyl (C=O) groups is 10. The molecule has 0 saturated heterocycles. The number of benzene rings is 3. The van der Waals surface area contributed by atoms with Crippen LogP contribution in [0, 0.1) is 30.1 Å². The number of likely N-dealkylation sites (N-methyl/N-ethyl adjacent to an activating group) is 2. The Balaban J connectivity index is 0.000000884. The van der Waals surface area contributed by atoms with E-state index in [0.29, 0.717) is 198 Å². The number of carbonyl (C=O) groups excluding carboxylic acids is 10. The Bertz CT molecular complexity index is 4620. The van der Waals surface area contributed by atoms with Crippen LogP contribution in [-0.2, 0) is 129 Å². The van der Waals surface area contributed by atoms with Gasteiger partial charge in [0.05, 0.1) is 141 Å². The minimum atomic E-state index is -1.96. The summed E-state index contributed by atoms with van der Waals surface area (Å²) >= 11 is 0. The van der Waals surface area contributed by atoms with Crippen molar-refractivity contribution in [2.24, 2.45) is 22.9 Å². The fraction of sp³-hybridized carbons (Fsp3) is 0.560. The number of fused-ring (bicyclic) bond motifs is 5. The van der Waals surface area contributed by atoms with E-state index in [2.05, 4.69) is 37.2 Å². The second-order valence-corrected chi connectivity index (χ2v) is 30.6. The van der Waals surface area contributed by atoms with Crippen LogP contribution in [0.5, 0.6) is 5.75 Å². The third-order valence-corrected chi connectivity index (χ3v) is 21.7. The van der Waals surface area contributed by atoms with Crippen LogP contribution in [-0.4, -0.2) is 273 Å². The molecule has 36 nitrogen and oxygen atoms in total. The smallest absolute Gasteiger partial charge is 0.415 e. The number of aromatic nitrogens is 2. The third kappa shape index (κ3) is 33.3. The molecule has 9 rings (SSSR count). The monoisotopic (exact) mass is 1770 g/mol. The molecule has 1 aliphatic carbocycles. The van der Waals surface area contributed by atoms with Crippen molar-refractivity contribution in [2.75, 3.05) is 184 Å². The van der Waals surface area contributed by atoms with Gasteiger partial charge in [-0.05, 0) is 135 Å². The molecule has 5 heterocycles. The number of hydrogen-bond donors (Lipinski definition) is 5. The first-order valence-corrected chi connectivity index (χ1v) is 43.3. The Kier molecular flexibility index (Phi) is 43.7. The lowest BCUT2D eigenvalue weighted by molar-refractivity contribution is -0.172. The Morgan fingerprint density at radius 3 is 1.95 bits per heavy atom. The number of hydrogen-bond acceptors (Lipinski definition) is 27. The van der Waals surface area contributed by atoms with Crippen molar-refractivity contribution in [3.63, 3.8) is 0 Å². The number of anilines is 1. The zero-order valence-corrected chi connectivity index (χ0v) is 73.2. The zero-order valence-electron chi connectivity index (χ0n) is 74.2. The van der Waals surface area contributed by atoms with E-state index in [4.69, 9.17) is 75.2 Å². The summed E-state index contributed by atoms with van der Waals surface area (Å²) in [7, 11) is 3.07. The summed E-state index contributed by atoms with van der Waals surface area (Å²) in [4.78, 5) is 154. The predicted molar refractivity (Wildman–Crippen MR) is 467 cm³/mol. The Hall–Kier alpha value is -10.9. The molecule has 1 fully saturated rings. The first-order valence-electron chi connectivity index (χ1n) is 44.0. The van der Waals surface area contributed by atoms with Crippen LogP contribution >= 0.6 is 0 Å². The van der Waals surface area contributed by atoms with E-state index in [1.807, 2.05) is 37.3 Å². The average Bonchev–Trinajstić information content (AvgIpc) is 1.55. The maximum Gasteiger partial charge on any atom is 0.415 e. The molecule has 4 aliphatic rings. The number of ketones is 2. The molecule has 5 aromatic rings. The maximum absolute atomic E-state index is 14.3. The Labute approximate surface area is 741 Å². The number of terminal acetylenes is 1. The zero-order chi connectivity index (χ0) is 91.8. The van der Waals surface area contributed by atoms with Gasteiger partial charge in [0, 0.05) is 119 Å². The highest BCUT2D eigenvalue weighted by Crippen LogP contribution is 2.41. The van der Waals surface area contributed by atoms with Crippen LogP contribution in [0.1, 0.15) is 126 Å². The molecule has 36 heteroatoms. The van der Waals surface area contributed by atoms with Gasteiger partial charge >= 0.3 is 18.2 Å². The molecule has 0 spiro atoms. The van der Waals surface area contributed by atoms with E-state index >= 15 is 0 Å². The summed E-state index contributed by atoms with van der Waals surface area (Å²) in [5.41, 5.74) is 11.5. The van der Waals surface area contributed by atoms with Gasteiger partial charge in [-0.2, -0.15) is 0 Å². The van der Waals surface area contributed by atoms with Gasteiger partial charge in [0.1, 0.15) is 38.0 Å². The molecule has 5 N–H and O–H groups in total. The van der Waals surface area contributed by atoms with Crippen molar-refractivity contribution < 1.29 is 111 Å². The number of ether oxygens (including phenoxy) is 12. The summed E-state index contributed by atoms with van der Waals surface area (Å²) in [5.74, 6) is -0.479. The minimum absolute atomic E-state index is 0.0220. The number of imide groups is 1. The third-order valence-electron chi connectivity index (χ3n) is 21.7. The van der Waals surface area contributed by atoms with Gasteiger partial charge in [-0.3, -0.25) is 43.3 Å². The molecule has 127 heavy (non-hydrogen) atoms. The molecule has 3 atom stereocenters. The molecule has 1 saturated carbocycles. The maximum atomic E-state index is 14.3. The Morgan fingerprint density at radius 2 is 1.35 bits per heavy atom. The lowest BCUT2D eigenvalue weighted by Crippen LogP contribution is -2.45. The van der Waals surface area contributed by atoms with Gasteiger partial charge in [-0.25, -0.2) is 19.4 Å². The minimum Gasteiger partial charge on any atom is -0.458 e. The summed E-state index contributed by atoms with van der Waals surface area (Å²) in [6.45, 7) is 11.2. The second-order valence-electron chi connectivity index (χ2n) is 30.6. The summed E-state index contributed by atoms with van der Waals surface area (Å²) in [6, 6.07) is 21.5. The SMILES string of the molecule is C#CCCC(=O)C1CCC(CN2C(=O)C=CC2=O)CC1.[3H]CCNCCCCC(CC(=O)C(Cc1ccccc1)NC(=O)COCC(=O)NCCOCCOCCOCCOCCOCCOCCOCCOCCN=[N+]=[N-])C(=O)Nc1ccc(COC(=O)N(C)CCN(C)C(=O)Oc2ccc3nc4c(c(CC)c3c2)Cn2c-4cc3c(c2=O)COC(=O)[C@]3(O)CC)cc1. The van der Waals surface area contributed by atoms with Gasteiger partial charge in [-0.15, -0.1) is 12.3 Å². The van der Waals surface area contributed by atoms with E-state index in [0.717, 1.165) is 47.8 Å². The number of Topliss-reactive ketones (excluding diaryl/α,β-unsaturated/α-hetero) is 2. The van der Waals surface area contributed by atoms with E-state index in [9.17, 15) is 57.8 Å². The molecule has 0 bridgehead atoms. The lowest BCUT2D eigenvalue weighted by atomic mass is 9.79. The van der Waals surface area contributed by atoms with Crippen LogP contribution in [0.25, 0.3) is 32.7 Å². The topological polar surface area (TPSA) is 443 Å². The van der Waals surface area contributed by atoms with Crippen LogP contribution in [0.15, 0.2) is 101 Å². The molecule has 690 valence electrons. The van der Waals surface area contributed by atoms with Crippen LogP contribution in [0.4, 0.5) is 15.3 Å². The van der Waals surface area contributed by atoms with Crippen molar-refractivity contribution in [1.29, 1.82) is 0 Å². The van der Waals surface area contributed by atoms with Crippen molar-refractivity contribution in [1.82, 2.24) is 40.2 Å². The molecule has 2 unspecified atom stereocenters. The molecular formula is C91H122N12O24. The van der Waals surface area contributed by atoms with Crippen LogP contribution < -0.4 is 31.6 Å². The number of rotatable bonds is 58. The number of cyclic esters (lactones) is 1. The van der Waals surface area contributed by atoms with Crippen LogP contribution in [0.2, 0.25) is 0 Å². The molecule has 2 aromatic heterocycles. The van der Waals surface area contributed by atoms with Gasteiger partial charge in [-0.1, -0.05) is 74.7 Å². The number of nitrogens with zero attached hydrogens (tertiary/aromatic N) is 8.